The van der Waals surface area contributed by atoms with Crippen molar-refractivity contribution in [2.45, 2.75) is 32.0 Å². The minimum absolute atomic E-state index is 0.00297. The quantitative estimate of drug-likeness (QED) is 0.615. The van der Waals surface area contributed by atoms with E-state index in [0.717, 1.165) is 12.1 Å². The minimum atomic E-state index is -4.45. The average Bonchev–Trinajstić information content (AvgIpc) is 2.72. The zero-order valence-corrected chi connectivity index (χ0v) is 15.7. The molecule has 0 fully saturated rings. The highest BCUT2D eigenvalue weighted by molar-refractivity contribution is 5.76. The third kappa shape index (κ3) is 5.97. The van der Waals surface area contributed by atoms with Crippen molar-refractivity contribution in [3.05, 3.63) is 87.4 Å². The van der Waals surface area contributed by atoms with Crippen molar-refractivity contribution in [2.75, 3.05) is 0 Å². The Kier molecular flexibility index (Phi) is 6.55. The number of aromatic amines is 1. The molecule has 2 heterocycles. The van der Waals surface area contributed by atoms with Gasteiger partial charge in [0.25, 0.3) is 5.56 Å². The molecule has 30 heavy (non-hydrogen) atoms. The molecular weight excluding hydrogens is 399 g/mol. The van der Waals surface area contributed by atoms with Crippen molar-refractivity contribution in [3.63, 3.8) is 0 Å². The second-order valence-corrected chi connectivity index (χ2v) is 6.52. The predicted molar refractivity (Wildman–Crippen MR) is 101 cm³/mol. The summed E-state index contributed by atoms with van der Waals surface area (Å²) in [6.07, 6.45) is -2.71. The second-order valence-electron chi connectivity index (χ2n) is 6.52. The number of aryl methyl sites for hydroxylation is 1. The smallest absolute Gasteiger partial charge is 0.350 e. The van der Waals surface area contributed by atoms with Crippen LogP contribution in [0.4, 0.5) is 13.2 Å². The number of alkyl halides is 3. The molecule has 0 radical (unpaired) electrons. The summed E-state index contributed by atoms with van der Waals surface area (Å²) >= 11 is 0. The highest BCUT2D eigenvalue weighted by Crippen LogP contribution is 2.29. The molecule has 0 atom stereocenters. The normalized spacial score (nSPS) is 11.3. The molecule has 0 aliphatic heterocycles. The monoisotopic (exact) mass is 417 g/mol. The Morgan fingerprint density at radius 1 is 1.10 bits per heavy atom. The number of nitrogens with zero attached hydrogens (tertiary/aromatic N) is 3. The summed E-state index contributed by atoms with van der Waals surface area (Å²) in [6, 6.07) is 10.1. The Labute approximate surface area is 169 Å². The van der Waals surface area contributed by atoms with Crippen LogP contribution in [0, 0.1) is 0 Å². The molecule has 3 aromatic rings. The van der Waals surface area contributed by atoms with Gasteiger partial charge in [0.1, 0.15) is 11.5 Å². The van der Waals surface area contributed by atoms with Gasteiger partial charge in [-0.1, -0.05) is 24.3 Å². The predicted octanol–water partition coefficient (Wildman–Crippen LogP) is 2.42. The lowest BCUT2D eigenvalue weighted by Gasteiger charge is -2.08. The number of hydrogen-bond donors (Lipinski definition) is 2. The third-order valence-electron chi connectivity index (χ3n) is 4.22. The van der Waals surface area contributed by atoms with Crippen LogP contribution in [0.3, 0.4) is 0 Å². The zero-order valence-electron chi connectivity index (χ0n) is 15.7. The fraction of sp³-hybridized carbons (Fsp3) is 0.250. The van der Waals surface area contributed by atoms with E-state index >= 15 is 0 Å². The molecule has 0 saturated heterocycles. The lowest BCUT2D eigenvalue weighted by Crippen LogP contribution is -2.26. The number of carbonyl (C=O) groups is 1. The first-order valence-corrected chi connectivity index (χ1v) is 9.09. The van der Waals surface area contributed by atoms with Crippen LogP contribution in [0.2, 0.25) is 0 Å². The number of benzene rings is 1. The van der Waals surface area contributed by atoms with Gasteiger partial charge < -0.3 is 10.3 Å². The van der Waals surface area contributed by atoms with Gasteiger partial charge in [-0.3, -0.25) is 14.6 Å². The number of pyridine rings is 1. The van der Waals surface area contributed by atoms with Crippen molar-refractivity contribution in [2.24, 2.45) is 0 Å². The van der Waals surface area contributed by atoms with Crippen molar-refractivity contribution in [3.8, 4) is 0 Å². The molecule has 1 aromatic carbocycles. The van der Waals surface area contributed by atoms with Crippen molar-refractivity contribution in [1.29, 1.82) is 0 Å². The Hall–Kier alpha value is -3.56. The molecule has 0 spiro atoms. The van der Waals surface area contributed by atoms with E-state index < -0.39 is 17.3 Å². The Balaban J connectivity index is 1.56. The van der Waals surface area contributed by atoms with Crippen LogP contribution in [0.1, 0.15) is 34.8 Å². The molecule has 2 N–H and O–H groups in total. The summed E-state index contributed by atoms with van der Waals surface area (Å²) in [5.74, 6) is -0.127. The molecule has 10 heteroatoms. The van der Waals surface area contributed by atoms with Crippen molar-refractivity contribution < 1.29 is 18.0 Å². The summed E-state index contributed by atoms with van der Waals surface area (Å²) in [5, 5.41) is 10.4. The van der Waals surface area contributed by atoms with Gasteiger partial charge in [0.05, 0.1) is 17.8 Å². The largest absolute Gasteiger partial charge is 0.416 e. The van der Waals surface area contributed by atoms with Crippen LogP contribution in [0.25, 0.3) is 0 Å². The fourth-order valence-corrected chi connectivity index (χ4v) is 2.70. The minimum Gasteiger partial charge on any atom is -0.350 e. The highest BCUT2D eigenvalue weighted by atomic mass is 19.4. The second kappa shape index (κ2) is 9.29. The molecule has 0 unspecified atom stereocenters. The SMILES string of the molecule is O=C(CCc1nnc(Cc2cccc(C(F)(F)F)c2)[nH]c1=O)NCc1ccccn1. The molecule has 0 bridgehead atoms. The Bertz CT molecular complexity index is 1070. The van der Waals surface area contributed by atoms with Crippen LogP contribution in [0.15, 0.2) is 53.5 Å². The van der Waals surface area contributed by atoms with Crippen LogP contribution in [-0.2, 0) is 30.4 Å². The summed E-state index contributed by atoms with van der Waals surface area (Å²) in [4.78, 5) is 30.7. The van der Waals surface area contributed by atoms with Crippen LogP contribution >= 0.6 is 0 Å². The number of H-pyrrole nitrogens is 1. The number of amides is 1. The number of carbonyl (C=O) groups excluding carboxylic acids is 1. The molecule has 156 valence electrons. The Morgan fingerprint density at radius 2 is 1.93 bits per heavy atom. The maximum absolute atomic E-state index is 12.8. The lowest BCUT2D eigenvalue weighted by atomic mass is 10.1. The number of aromatic nitrogens is 4. The van der Waals surface area contributed by atoms with E-state index in [-0.39, 0.29) is 43.2 Å². The molecule has 0 aliphatic rings. The summed E-state index contributed by atoms with van der Waals surface area (Å²) in [7, 11) is 0. The van der Waals surface area contributed by atoms with Crippen LogP contribution < -0.4 is 10.9 Å². The molecule has 7 nitrogen and oxygen atoms in total. The zero-order chi connectivity index (χ0) is 21.6. The van der Waals surface area contributed by atoms with Crippen molar-refractivity contribution in [1.82, 2.24) is 25.5 Å². The molecule has 1 amide bonds. The summed E-state index contributed by atoms with van der Waals surface area (Å²) in [6.45, 7) is 0.275. The van der Waals surface area contributed by atoms with Crippen LogP contribution in [0.5, 0.6) is 0 Å². The van der Waals surface area contributed by atoms with E-state index in [1.807, 2.05) is 6.07 Å². The van der Waals surface area contributed by atoms with Gasteiger partial charge in [-0.05, 0) is 23.8 Å². The number of rotatable bonds is 7. The molecule has 0 aliphatic carbocycles. The standard InChI is InChI=1S/C20H18F3N5O2/c21-20(22,23)14-5-3-4-13(10-14)11-17-26-19(30)16(27-28-17)7-8-18(29)25-12-15-6-1-2-9-24-15/h1-6,9-10H,7-8,11-12H2,(H,25,29)(H,26,28,30). The van der Waals surface area contributed by atoms with Gasteiger partial charge in [0.2, 0.25) is 5.91 Å². The van der Waals surface area contributed by atoms with E-state index in [9.17, 15) is 22.8 Å². The van der Waals surface area contributed by atoms with E-state index in [2.05, 4.69) is 25.5 Å². The third-order valence-corrected chi connectivity index (χ3v) is 4.22. The first kappa shape index (κ1) is 21.2. The maximum Gasteiger partial charge on any atom is 0.416 e. The summed E-state index contributed by atoms with van der Waals surface area (Å²) in [5.41, 5.74) is -0.164. The van der Waals surface area contributed by atoms with E-state index in [4.69, 9.17) is 0 Å². The number of nitrogens with one attached hydrogen (secondary N) is 2. The average molecular weight is 417 g/mol. The lowest BCUT2D eigenvalue weighted by molar-refractivity contribution is -0.137. The molecular formula is C20H18F3N5O2. The van der Waals surface area contributed by atoms with E-state index in [1.54, 1.807) is 18.3 Å². The Morgan fingerprint density at radius 3 is 2.63 bits per heavy atom. The fourth-order valence-electron chi connectivity index (χ4n) is 2.70. The first-order chi connectivity index (χ1) is 14.3. The van der Waals surface area contributed by atoms with Gasteiger partial charge in [0.15, 0.2) is 0 Å². The molecule has 0 saturated carbocycles. The van der Waals surface area contributed by atoms with Crippen LogP contribution in [-0.4, -0.2) is 26.1 Å². The van der Waals surface area contributed by atoms with Gasteiger partial charge >= 0.3 is 6.18 Å². The maximum atomic E-state index is 12.8. The van der Waals surface area contributed by atoms with Gasteiger partial charge in [-0.15, -0.1) is 10.2 Å². The van der Waals surface area contributed by atoms with Gasteiger partial charge in [-0.25, -0.2) is 0 Å². The number of halogens is 3. The molecule has 2 aromatic heterocycles. The highest BCUT2D eigenvalue weighted by Gasteiger charge is 2.30. The van der Waals surface area contributed by atoms with Gasteiger partial charge in [-0.2, -0.15) is 13.2 Å². The topological polar surface area (TPSA) is 101 Å². The van der Waals surface area contributed by atoms with Gasteiger partial charge in [0, 0.05) is 25.5 Å². The first-order valence-electron chi connectivity index (χ1n) is 9.09. The molecule has 3 rings (SSSR count). The summed E-state index contributed by atoms with van der Waals surface area (Å²) < 4.78 is 38.4. The van der Waals surface area contributed by atoms with E-state index in [0.29, 0.717) is 11.3 Å². The number of hydrogen-bond acceptors (Lipinski definition) is 5. The van der Waals surface area contributed by atoms with E-state index in [1.165, 1.54) is 12.1 Å². The van der Waals surface area contributed by atoms with Crippen molar-refractivity contribution >= 4 is 5.91 Å².